The molecule has 41 heavy (non-hydrogen) atoms. The van der Waals surface area contributed by atoms with E-state index in [2.05, 4.69) is 35.2 Å². The van der Waals surface area contributed by atoms with Gasteiger partial charge in [-0.15, -0.1) is 0 Å². The van der Waals surface area contributed by atoms with Crippen LogP contribution < -0.4 is 5.56 Å². The van der Waals surface area contributed by atoms with Crippen LogP contribution in [0, 0.1) is 11.8 Å². The molecule has 4 nitrogen and oxygen atoms in total. The van der Waals surface area contributed by atoms with Gasteiger partial charge in [-0.05, 0) is 104 Å². The first-order valence-electron chi connectivity index (χ1n) is 16.3. The summed E-state index contributed by atoms with van der Waals surface area (Å²) in [5.74, 6) is 2.17. The predicted molar refractivity (Wildman–Crippen MR) is 165 cm³/mol. The summed E-state index contributed by atoms with van der Waals surface area (Å²) in [6.45, 7) is 0. The van der Waals surface area contributed by atoms with Crippen LogP contribution in [0.5, 0.6) is 0 Å². The third-order valence-electron chi connectivity index (χ3n) is 11.8. The smallest absolute Gasteiger partial charge is 0.263 e. The summed E-state index contributed by atoms with van der Waals surface area (Å²) in [6, 6.07) is 27.4. The van der Waals surface area contributed by atoms with E-state index < -0.39 is 0 Å². The van der Waals surface area contributed by atoms with E-state index >= 15 is 0 Å². The fourth-order valence-corrected chi connectivity index (χ4v) is 10.2. The number of fused-ring (bicyclic) bond motifs is 8. The largest absolute Gasteiger partial charge is 0.372 e. The highest BCUT2D eigenvalue weighted by molar-refractivity contribution is 6.06. The highest BCUT2D eigenvalue weighted by atomic mass is 16.5. The van der Waals surface area contributed by atoms with Crippen molar-refractivity contribution in [2.75, 3.05) is 0 Å². The van der Waals surface area contributed by atoms with Crippen molar-refractivity contribution in [3.63, 3.8) is 0 Å². The monoisotopic (exact) mass is 544 g/mol. The van der Waals surface area contributed by atoms with Crippen molar-refractivity contribution >= 4 is 21.7 Å². The minimum atomic E-state index is 0.0604. The van der Waals surface area contributed by atoms with Crippen molar-refractivity contribution in [1.82, 2.24) is 9.47 Å². The maximum Gasteiger partial charge on any atom is 0.263 e. The molecule has 3 aromatic carbocycles. The number of morpholine rings is 1. The number of benzene rings is 3. The van der Waals surface area contributed by atoms with Crippen LogP contribution in [0.25, 0.3) is 27.4 Å². The second kappa shape index (κ2) is 9.54. The van der Waals surface area contributed by atoms with Crippen LogP contribution >= 0.6 is 0 Å². The topological polar surface area (TPSA) is 34.5 Å². The number of rotatable bonds is 2. The molecule has 0 bridgehead atoms. The first kappa shape index (κ1) is 24.6. The number of nitrogens with zero attached hydrogens (tertiary/aromatic N) is 2. The summed E-state index contributed by atoms with van der Waals surface area (Å²) in [4.78, 5) is 16.8. The molecule has 5 aliphatic rings. The van der Waals surface area contributed by atoms with Gasteiger partial charge in [0.2, 0.25) is 0 Å². The minimum absolute atomic E-state index is 0.0604. The number of pyridine rings is 1. The third-order valence-corrected chi connectivity index (χ3v) is 11.8. The molecular weight excluding hydrogens is 504 g/mol. The molecule has 2 saturated heterocycles. The van der Waals surface area contributed by atoms with Crippen LogP contribution in [0.3, 0.4) is 0 Å². The van der Waals surface area contributed by atoms with Gasteiger partial charge in [0.15, 0.2) is 0 Å². The normalized spacial score (nSPS) is 34.7. The summed E-state index contributed by atoms with van der Waals surface area (Å²) in [6.07, 6.45) is 14.2. The SMILES string of the molecule is O=c1c2ccccc2c2cc(C3CCC4C(C3)C3CCCC5OC6CCCCC6N4C53)ccc2n1-c1ccccc1. The lowest BCUT2D eigenvalue weighted by molar-refractivity contribution is -0.177. The van der Waals surface area contributed by atoms with Crippen molar-refractivity contribution in [2.24, 2.45) is 11.8 Å². The first-order valence-corrected chi connectivity index (χ1v) is 16.3. The molecule has 3 saturated carbocycles. The zero-order valence-corrected chi connectivity index (χ0v) is 23.8. The van der Waals surface area contributed by atoms with Crippen LogP contribution in [0.2, 0.25) is 0 Å². The molecule has 9 rings (SSSR count). The fourth-order valence-electron chi connectivity index (χ4n) is 10.2. The lowest BCUT2D eigenvalue weighted by Gasteiger charge is -2.53. The molecular formula is C37H40N2O2. The Balaban J connectivity index is 1.11. The van der Waals surface area contributed by atoms with Gasteiger partial charge in [0.1, 0.15) is 0 Å². The van der Waals surface area contributed by atoms with Gasteiger partial charge in [-0.3, -0.25) is 14.3 Å². The van der Waals surface area contributed by atoms with Crippen LogP contribution in [-0.2, 0) is 4.74 Å². The molecule has 1 aromatic heterocycles. The highest BCUT2D eigenvalue weighted by Crippen LogP contribution is 2.56. The molecule has 3 heterocycles. The van der Waals surface area contributed by atoms with Gasteiger partial charge < -0.3 is 4.74 Å². The van der Waals surface area contributed by atoms with E-state index in [1.54, 1.807) is 0 Å². The quantitative estimate of drug-likeness (QED) is 0.244. The van der Waals surface area contributed by atoms with Crippen molar-refractivity contribution in [3.8, 4) is 5.69 Å². The van der Waals surface area contributed by atoms with Crippen LogP contribution in [0.4, 0.5) is 0 Å². The molecule has 5 fully saturated rings. The number of ether oxygens (including phenoxy) is 1. The number of hydrogen-bond donors (Lipinski definition) is 0. The minimum Gasteiger partial charge on any atom is -0.372 e. The van der Waals surface area contributed by atoms with Crippen molar-refractivity contribution < 1.29 is 4.74 Å². The Morgan fingerprint density at radius 3 is 2.37 bits per heavy atom. The van der Waals surface area contributed by atoms with Gasteiger partial charge in [-0.25, -0.2) is 0 Å². The zero-order valence-electron chi connectivity index (χ0n) is 23.8. The van der Waals surface area contributed by atoms with E-state index in [-0.39, 0.29) is 5.56 Å². The lowest BCUT2D eigenvalue weighted by atomic mass is 9.68. The van der Waals surface area contributed by atoms with Gasteiger partial charge in [0.05, 0.1) is 17.7 Å². The lowest BCUT2D eigenvalue weighted by Crippen LogP contribution is -2.63. The Kier molecular flexibility index (Phi) is 5.73. The van der Waals surface area contributed by atoms with E-state index in [1.807, 2.05) is 47.0 Å². The van der Waals surface area contributed by atoms with E-state index in [1.165, 1.54) is 75.2 Å². The van der Waals surface area contributed by atoms with Crippen LogP contribution in [0.1, 0.15) is 75.7 Å². The Hall–Kier alpha value is -2.95. The Labute approximate surface area is 242 Å². The average Bonchev–Trinajstić information content (AvgIpc) is 3.37. The molecule has 210 valence electrons. The number of hydrogen-bond acceptors (Lipinski definition) is 3. The van der Waals surface area contributed by atoms with E-state index in [9.17, 15) is 4.79 Å². The molecule has 4 heteroatoms. The average molecular weight is 545 g/mol. The van der Waals surface area contributed by atoms with Gasteiger partial charge in [-0.2, -0.15) is 0 Å². The number of para-hydroxylation sites is 1. The molecule has 0 spiro atoms. The molecule has 4 aromatic rings. The molecule has 0 amide bonds. The van der Waals surface area contributed by atoms with E-state index in [4.69, 9.17) is 4.74 Å². The number of aromatic nitrogens is 1. The van der Waals surface area contributed by atoms with Crippen LogP contribution in [-0.4, -0.2) is 39.8 Å². The summed E-state index contributed by atoms with van der Waals surface area (Å²) in [7, 11) is 0. The van der Waals surface area contributed by atoms with E-state index in [0.717, 1.165) is 39.9 Å². The van der Waals surface area contributed by atoms with Crippen molar-refractivity contribution in [1.29, 1.82) is 0 Å². The Bertz CT molecular complexity index is 1680. The molecule has 0 radical (unpaired) electrons. The molecule has 8 atom stereocenters. The van der Waals surface area contributed by atoms with Gasteiger partial charge in [-0.1, -0.05) is 61.7 Å². The second-order valence-corrected chi connectivity index (χ2v) is 13.6. The van der Waals surface area contributed by atoms with Gasteiger partial charge in [0.25, 0.3) is 5.56 Å². The fraction of sp³-hybridized carbons (Fsp3) is 0.486. The zero-order chi connectivity index (χ0) is 27.1. The summed E-state index contributed by atoms with van der Waals surface area (Å²) < 4.78 is 8.78. The molecule has 2 aliphatic heterocycles. The molecule has 0 N–H and O–H groups in total. The first-order chi connectivity index (χ1) is 20.3. The van der Waals surface area contributed by atoms with Crippen molar-refractivity contribution in [3.05, 3.63) is 88.7 Å². The third kappa shape index (κ3) is 3.69. The van der Waals surface area contributed by atoms with Crippen molar-refractivity contribution in [2.45, 2.75) is 100 Å². The Morgan fingerprint density at radius 2 is 1.46 bits per heavy atom. The second-order valence-electron chi connectivity index (χ2n) is 13.6. The van der Waals surface area contributed by atoms with Crippen LogP contribution in [0.15, 0.2) is 77.6 Å². The maximum atomic E-state index is 13.7. The summed E-state index contributed by atoms with van der Waals surface area (Å²) in [5, 5.41) is 3.07. The van der Waals surface area contributed by atoms with E-state index in [0.29, 0.717) is 30.2 Å². The standard InChI is InChI=1S/C37H40N2O2/c40-37-28-12-5-4-11-26(28)29-21-23(17-19-31(29)38(37)25-9-2-1-3-10-25)24-18-20-32-30(22-24)27-13-8-16-35-36(27)39(32)33-14-6-7-15-34(33)41-35/h1-5,9-12,17,19,21,24,27,30,32-36H,6-8,13-16,18,20,22H2. The maximum absolute atomic E-state index is 13.7. The summed E-state index contributed by atoms with van der Waals surface area (Å²) in [5.41, 5.74) is 3.46. The Morgan fingerprint density at radius 1 is 0.659 bits per heavy atom. The van der Waals surface area contributed by atoms with Gasteiger partial charge >= 0.3 is 0 Å². The van der Waals surface area contributed by atoms with Gasteiger partial charge in [0, 0.05) is 34.6 Å². The molecule has 3 aliphatic carbocycles. The molecule has 8 unspecified atom stereocenters. The summed E-state index contributed by atoms with van der Waals surface area (Å²) >= 11 is 0. The predicted octanol–water partition coefficient (Wildman–Crippen LogP) is 7.59. The highest BCUT2D eigenvalue weighted by Gasteiger charge is 2.59.